The van der Waals surface area contributed by atoms with Crippen LogP contribution >= 0.6 is 0 Å². The van der Waals surface area contributed by atoms with Crippen molar-refractivity contribution in [3.8, 4) is 0 Å². The number of carbonyl (C=O) groups is 1. The van der Waals surface area contributed by atoms with Crippen LogP contribution in [0.25, 0.3) is 0 Å². The zero-order chi connectivity index (χ0) is 22.8. The summed E-state index contributed by atoms with van der Waals surface area (Å²) in [5.41, 5.74) is -0.375. The van der Waals surface area contributed by atoms with E-state index in [9.17, 15) is 4.79 Å². The Morgan fingerprint density at radius 1 is 1.00 bits per heavy atom. The molecule has 2 heterocycles. The standard InChI is InChI=1S/C27H36O4Si/c1-26(2,3)32(23-11-7-5-8-12-23,24-13-9-6-10-14-24)30-20-22-15-16-25(31-22)27(4)18-17-21(28)19-29-27/h5-14,22,25H,15-20H2,1-4H3/t22-,25+,27+/m0/s1. The maximum Gasteiger partial charge on any atom is 0.261 e. The van der Waals surface area contributed by atoms with Gasteiger partial charge in [0.2, 0.25) is 0 Å². The molecule has 2 fully saturated rings. The molecule has 4 nitrogen and oxygen atoms in total. The largest absolute Gasteiger partial charge is 0.405 e. The summed E-state index contributed by atoms with van der Waals surface area (Å²) >= 11 is 0. The second-order valence-corrected chi connectivity index (χ2v) is 14.7. The molecule has 3 atom stereocenters. The molecule has 5 heteroatoms. The predicted molar refractivity (Wildman–Crippen MR) is 130 cm³/mol. The molecule has 0 spiro atoms. The summed E-state index contributed by atoms with van der Waals surface area (Å²) in [7, 11) is -2.56. The van der Waals surface area contributed by atoms with Gasteiger partial charge in [0.15, 0.2) is 5.78 Å². The van der Waals surface area contributed by atoms with Gasteiger partial charge in [-0.2, -0.15) is 0 Å². The van der Waals surface area contributed by atoms with Crippen molar-refractivity contribution in [2.75, 3.05) is 13.2 Å². The molecule has 172 valence electrons. The summed E-state index contributed by atoms with van der Waals surface area (Å²) in [5, 5.41) is 2.52. The van der Waals surface area contributed by atoms with Crippen molar-refractivity contribution in [2.24, 2.45) is 0 Å². The molecule has 4 rings (SSSR count). The first-order valence-electron chi connectivity index (χ1n) is 11.8. The summed E-state index contributed by atoms with van der Waals surface area (Å²) < 4.78 is 19.5. The highest BCUT2D eigenvalue weighted by atomic mass is 28.4. The Hall–Kier alpha value is -1.79. The second-order valence-electron chi connectivity index (χ2n) is 10.4. The van der Waals surface area contributed by atoms with Gasteiger partial charge in [-0.15, -0.1) is 0 Å². The van der Waals surface area contributed by atoms with Gasteiger partial charge in [-0.1, -0.05) is 81.4 Å². The van der Waals surface area contributed by atoms with Crippen LogP contribution in [0.4, 0.5) is 0 Å². The molecule has 0 radical (unpaired) electrons. The number of rotatable bonds is 6. The van der Waals surface area contributed by atoms with Gasteiger partial charge in [-0.25, -0.2) is 0 Å². The monoisotopic (exact) mass is 452 g/mol. The van der Waals surface area contributed by atoms with Gasteiger partial charge in [0, 0.05) is 6.42 Å². The van der Waals surface area contributed by atoms with Crippen molar-refractivity contribution >= 4 is 24.5 Å². The Balaban J connectivity index is 1.56. The maximum atomic E-state index is 11.6. The average molecular weight is 453 g/mol. The molecule has 2 aromatic rings. The molecule has 0 N–H and O–H groups in total. The van der Waals surface area contributed by atoms with Gasteiger partial charge in [0.25, 0.3) is 8.32 Å². The lowest BCUT2D eigenvalue weighted by Crippen LogP contribution is -2.67. The lowest BCUT2D eigenvalue weighted by molar-refractivity contribution is -0.167. The molecular formula is C27H36O4Si. The van der Waals surface area contributed by atoms with Crippen molar-refractivity contribution in [1.82, 2.24) is 0 Å². The molecule has 0 amide bonds. The zero-order valence-electron chi connectivity index (χ0n) is 19.8. The number of ketones is 1. The Labute approximate surface area is 193 Å². The summed E-state index contributed by atoms with van der Waals surface area (Å²) in [6.07, 6.45) is 3.27. The highest BCUT2D eigenvalue weighted by molar-refractivity contribution is 6.99. The third-order valence-electron chi connectivity index (χ3n) is 7.15. The number of benzene rings is 2. The van der Waals surface area contributed by atoms with E-state index in [0.29, 0.717) is 13.0 Å². The van der Waals surface area contributed by atoms with Crippen LogP contribution in [0.5, 0.6) is 0 Å². The van der Waals surface area contributed by atoms with E-state index in [4.69, 9.17) is 13.9 Å². The summed E-state index contributed by atoms with van der Waals surface area (Å²) in [4.78, 5) is 11.6. The van der Waals surface area contributed by atoms with E-state index in [-0.39, 0.29) is 35.2 Å². The van der Waals surface area contributed by atoms with Gasteiger partial charge >= 0.3 is 0 Å². The van der Waals surface area contributed by atoms with Crippen LogP contribution in [-0.4, -0.2) is 45.1 Å². The van der Waals surface area contributed by atoms with Crippen molar-refractivity contribution < 1.29 is 18.7 Å². The number of carbonyl (C=O) groups excluding carboxylic acids is 1. The molecule has 2 aromatic carbocycles. The molecule has 0 unspecified atom stereocenters. The zero-order valence-corrected chi connectivity index (χ0v) is 20.8. The molecule has 0 aliphatic carbocycles. The molecule has 2 saturated heterocycles. The molecule has 32 heavy (non-hydrogen) atoms. The van der Waals surface area contributed by atoms with Gasteiger partial charge < -0.3 is 13.9 Å². The summed E-state index contributed by atoms with van der Waals surface area (Å²) in [5.74, 6) is 0.187. The Morgan fingerprint density at radius 2 is 1.59 bits per heavy atom. The van der Waals surface area contributed by atoms with Crippen LogP contribution < -0.4 is 10.4 Å². The van der Waals surface area contributed by atoms with E-state index in [1.165, 1.54) is 10.4 Å². The van der Waals surface area contributed by atoms with E-state index in [1.807, 2.05) is 0 Å². The quantitative estimate of drug-likeness (QED) is 0.615. The van der Waals surface area contributed by atoms with E-state index in [0.717, 1.165) is 19.3 Å². The van der Waals surface area contributed by atoms with E-state index in [2.05, 4.69) is 88.4 Å². The predicted octanol–water partition coefficient (Wildman–Crippen LogP) is 4.25. The smallest absolute Gasteiger partial charge is 0.261 e. The first-order chi connectivity index (χ1) is 15.2. The third kappa shape index (κ3) is 4.49. The van der Waals surface area contributed by atoms with Gasteiger partial charge in [-0.3, -0.25) is 4.79 Å². The number of hydrogen-bond acceptors (Lipinski definition) is 4. The fourth-order valence-corrected chi connectivity index (χ4v) is 9.88. The fraction of sp³-hybridized carbons (Fsp3) is 0.519. The van der Waals surface area contributed by atoms with Crippen molar-refractivity contribution in [3.63, 3.8) is 0 Å². The Bertz CT molecular complexity index is 857. The van der Waals surface area contributed by atoms with Crippen molar-refractivity contribution in [1.29, 1.82) is 0 Å². The molecule has 2 aliphatic heterocycles. The summed E-state index contributed by atoms with van der Waals surface area (Å²) in [6.45, 7) is 9.76. The van der Waals surface area contributed by atoms with Crippen molar-refractivity contribution in [2.45, 2.75) is 76.2 Å². The van der Waals surface area contributed by atoms with Crippen LogP contribution in [0.1, 0.15) is 53.4 Å². The number of Topliss-reactive ketones (excluding diaryl/α,β-unsaturated/α-hetero) is 1. The minimum Gasteiger partial charge on any atom is -0.405 e. The second kappa shape index (κ2) is 9.22. The summed E-state index contributed by atoms with van der Waals surface area (Å²) in [6, 6.07) is 21.5. The topological polar surface area (TPSA) is 44.8 Å². The lowest BCUT2D eigenvalue weighted by Gasteiger charge is -2.43. The van der Waals surface area contributed by atoms with Crippen LogP contribution in [0.3, 0.4) is 0 Å². The van der Waals surface area contributed by atoms with Gasteiger partial charge in [0.05, 0.1) is 24.4 Å². The molecule has 2 aliphatic rings. The minimum absolute atomic E-state index is 0.0170. The van der Waals surface area contributed by atoms with Crippen LogP contribution in [0.15, 0.2) is 60.7 Å². The van der Waals surface area contributed by atoms with Gasteiger partial charge in [-0.05, 0) is 41.6 Å². The lowest BCUT2D eigenvalue weighted by atomic mass is 9.88. The SMILES string of the molecule is CC(C)(C)[Si](OC[C@@H]1CC[C@H]([C@@]2(C)CCC(=O)CO2)O1)(c1ccccc1)c1ccccc1. The van der Waals surface area contributed by atoms with Crippen LogP contribution in [-0.2, 0) is 18.7 Å². The number of hydrogen-bond donors (Lipinski definition) is 0. The highest BCUT2D eigenvalue weighted by Gasteiger charge is 2.51. The normalized spacial score (nSPS) is 26.9. The van der Waals surface area contributed by atoms with E-state index >= 15 is 0 Å². The van der Waals surface area contributed by atoms with E-state index < -0.39 is 8.32 Å². The van der Waals surface area contributed by atoms with Crippen LogP contribution in [0.2, 0.25) is 5.04 Å². The fourth-order valence-electron chi connectivity index (χ4n) is 5.29. The molecular weight excluding hydrogens is 416 g/mol. The molecule has 0 bridgehead atoms. The van der Waals surface area contributed by atoms with Crippen LogP contribution in [0, 0.1) is 0 Å². The van der Waals surface area contributed by atoms with Gasteiger partial charge in [0.1, 0.15) is 6.61 Å². The molecule has 0 saturated carbocycles. The minimum atomic E-state index is -2.56. The van der Waals surface area contributed by atoms with E-state index in [1.54, 1.807) is 0 Å². The van der Waals surface area contributed by atoms with Crippen molar-refractivity contribution in [3.05, 3.63) is 60.7 Å². The Kier molecular flexibility index (Phi) is 6.73. The first kappa shape index (κ1) is 23.4. The first-order valence-corrected chi connectivity index (χ1v) is 13.7. The maximum absolute atomic E-state index is 11.6. The highest BCUT2D eigenvalue weighted by Crippen LogP contribution is 2.39. The third-order valence-corrected chi connectivity index (χ3v) is 12.2. The average Bonchev–Trinajstić information content (AvgIpc) is 3.27. The molecule has 0 aromatic heterocycles. The number of ether oxygens (including phenoxy) is 2. The Morgan fingerprint density at radius 3 is 2.09 bits per heavy atom.